The summed E-state index contributed by atoms with van der Waals surface area (Å²) in [5.41, 5.74) is 0.531. The maximum atomic E-state index is 13.7. The standard InChI is InChI=1S/C13H11F2N5/c1-16-11-7-20-5-4-17-13(20)12(19-11)18-10-6-8(14)2-3-9(10)15/h2-7,16H,1H3,(H,18,19). The fourth-order valence-corrected chi connectivity index (χ4v) is 1.86. The van der Waals surface area contributed by atoms with Crippen molar-refractivity contribution in [1.82, 2.24) is 14.4 Å². The lowest BCUT2D eigenvalue weighted by Gasteiger charge is -2.10. The zero-order valence-corrected chi connectivity index (χ0v) is 10.6. The molecule has 0 aliphatic heterocycles. The first kappa shape index (κ1) is 12.3. The summed E-state index contributed by atoms with van der Waals surface area (Å²) in [6, 6.07) is 3.19. The minimum absolute atomic E-state index is 0.00986. The highest BCUT2D eigenvalue weighted by Crippen LogP contribution is 2.23. The number of anilines is 3. The summed E-state index contributed by atoms with van der Waals surface area (Å²) in [6.07, 6.45) is 5.09. The molecule has 0 atom stereocenters. The fraction of sp³-hybridized carbons (Fsp3) is 0.0769. The number of hydrogen-bond acceptors (Lipinski definition) is 4. The zero-order chi connectivity index (χ0) is 14.1. The van der Waals surface area contributed by atoms with E-state index in [0.717, 1.165) is 18.2 Å². The van der Waals surface area contributed by atoms with Gasteiger partial charge in [0.2, 0.25) is 0 Å². The summed E-state index contributed by atoms with van der Waals surface area (Å²) in [6.45, 7) is 0. The third-order valence-electron chi connectivity index (χ3n) is 2.81. The summed E-state index contributed by atoms with van der Waals surface area (Å²) in [4.78, 5) is 8.40. The van der Waals surface area contributed by atoms with Crippen LogP contribution in [-0.4, -0.2) is 21.4 Å². The van der Waals surface area contributed by atoms with E-state index in [0.29, 0.717) is 17.3 Å². The average Bonchev–Trinajstić information content (AvgIpc) is 2.91. The summed E-state index contributed by atoms with van der Waals surface area (Å²) in [5, 5.41) is 5.66. The van der Waals surface area contributed by atoms with Crippen molar-refractivity contribution in [2.24, 2.45) is 0 Å². The van der Waals surface area contributed by atoms with Gasteiger partial charge < -0.3 is 15.0 Å². The molecule has 0 saturated carbocycles. The van der Waals surface area contributed by atoms with E-state index >= 15 is 0 Å². The van der Waals surface area contributed by atoms with Gasteiger partial charge in [0.1, 0.15) is 17.5 Å². The predicted octanol–water partition coefficient (Wildman–Crippen LogP) is 2.79. The Balaban J connectivity index is 2.09. The van der Waals surface area contributed by atoms with Crippen molar-refractivity contribution in [1.29, 1.82) is 0 Å². The molecule has 3 rings (SSSR count). The Morgan fingerprint density at radius 3 is 2.90 bits per heavy atom. The van der Waals surface area contributed by atoms with Crippen LogP contribution in [0.2, 0.25) is 0 Å². The normalized spacial score (nSPS) is 10.8. The first-order valence-electron chi connectivity index (χ1n) is 5.91. The van der Waals surface area contributed by atoms with E-state index < -0.39 is 11.6 Å². The van der Waals surface area contributed by atoms with Gasteiger partial charge in [-0.1, -0.05) is 0 Å². The number of halogens is 2. The van der Waals surface area contributed by atoms with E-state index in [9.17, 15) is 8.78 Å². The third kappa shape index (κ3) is 2.13. The maximum absolute atomic E-state index is 13.7. The van der Waals surface area contributed by atoms with E-state index in [4.69, 9.17) is 0 Å². The molecule has 20 heavy (non-hydrogen) atoms. The summed E-state index contributed by atoms with van der Waals surface area (Å²) < 4.78 is 28.6. The van der Waals surface area contributed by atoms with Gasteiger partial charge in [0.15, 0.2) is 11.5 Å². The molecule has 0 spiro atoms. The van der Waals surface area contributed by atoms with Crippen molar-refractivity contribution in [2.75, 3.05) is 17.7 Å². The number of nitrogens with one attached hydrogen (secondary N) is 2. The van der Waals surface area contributed by atoms with Crippen LogP contribution in [-0.2, 0) is 0 Å². The van der Waals surface area contributed by atoms with E-state index in [1.165, 1.54) is 0 Å². The highest BCUT2D eigenvalue weighted by Gasteiger charge is 2.10. The lowest BCUT2D eigenvalue weighted by atomic mass is 10.3. The second-order valence-corrected chi connectivity index (χ2v) is 4.13. The Hall–Kier alpha value is -2.70. The van der Waals surface area contributed by atoms with Gasteiger partial charge in [-0.25, -0.2) is 18.7 Å². The van der Waals surface area contributed by atoms with Crippen LogP contribution in [0.4, 0.5) is 26.1 Å². The van der Waals surface area contributed by atoms with Crippen LogP contribution in [0.1, 0.15) is 0 Å². The monoisotopic (exact) mass is 275 g/mol. The Labute approximate surface area is 113 Å². The van der Waals surface area contributed by atoms with Crippen LogP contribution < -0.4 is 10.6 Å². The van der Waals surface area contributed by atoms with Gasteiger partial charge >= 0.3 is 0 Å². The largest absolute Gasteiger partial charge is 0.372 e. The van der Waals surface area contributed by atoms with Crippen LogP contribution in [0.5, 0.6) is 0 Å². The molecule has 0 bridgehead atoms. The van der Waals surface area contributed by atoms with Crippen LogP contribution in [0, 0.1) is 11.6 Å². The predicted molar refractivity (Wildman–Crippen MR) is 72.2 cm³/mol. The number of rotatable bonds is 3. The maximum Gasteiger partial charge on any atom is 0.180 e. The number of imidazole rings is 1. The van der Waals surface area contributed by atoms with Crippen LogP contribution >= 0.6 is 0 Å². The SMILES string of the molecule is CNc1cn2ccnc2c(Nc2cc(F)ccc2F)n1. The van der Waals surface area contributed by atoms with E-state index in [-0.39, 0.29) is 5.69 Å². The molecule has 5 nitrogen and oxygen atoms in total. The Kier molecular flexibility index (Phi) is 2.94. The molecular weight excluding hydrogens is 264 g/mol. The second-order valence-electron chi connectivity index (χ2n) is 4.13. The smallest absolute Gasteiger partial charge is 0.180 e. The Morgan fingerprint density at radius 2 is 2.10 bits per heavy atom. The van der Waals surface area contributed by atoms with Crippen molar-refractivity contribution in [3.63, 3.8) is 0 Å². The highest BCUT2D eigenvalue weighted by atomic mass is 19.1. The Morgan fingerprint density at radius 1 is 1.25 bits per heavy atom. The molecule has 0 aliphatic rings. The van der Waals surface area contributed by atoms with Crippen molar-refractivity contribution in [3.8, 4) is 0 Å². The fourth-order valence-electron chi connectivity index (χ4n) is 1.86. The van der Waals surface area contributed by atoms with Crippen LogP contribution in [0.25, 0.3) is 5.65 Å². The van der Waals surface area contributed by atoms with Crippen molar-refractivity contribution < 1.29 is 8.78 Å². The van der Waals surface area contributed by atoms with E-state index in [1.54, 1.807) is 30.0 Å². The molecule has 2 heterocycles. The van der Waals surface area contributed by atoms with E-state index in [1.807, 2.05) is 0 Å². The van der Waals surface area contributed by atoms with Crippen LogP contribution in [0.3, 0.4) is 0 Å². The quantitative estimate of drug-likeness (QED) is 0.771. The number of hydrogen-bond donors (Lipinski definition) is 2. The first-order valence-corrected chi connectivity index (χ1v) is 5.91. The Bertz CT molecular complexity index is 769. The van der Waals surface area contributed by atoms with Gasteiger partial charge in [0, 0.05) is 25.5 Å². The van der Waals surface area contributed by atoms with Crippen molar-refractivity contribution in [2.45, 2.75) is 0 Å². The highest BCUT2D eigenvalue weighted by molar-refractivity contribution is 5.71. The number of fused-ring (bicyclic) bond motifs is 1. The van der Waals surface area contributed by atoms with E-state index in [2.05, 4.69) is 20.6 Å². The molecule has 0 unspecified atom stereocenters. The molecule has 0 amide bonds. The molecule has 7 heteroatoms. The lowest BCUT2D eigenvalue weighted by molar-refractivity contribution is 0.603. The van der Waals surface area contributed by atoms with Gasteiger partial charge in [0.05, 0.1) is 11.9 Å². The lowest BCUT2D eigenvalue weighted by Crippen LogP contribution is -2.03. The number of nitrogens with zero attached hydrogens (tertiary/aromatic N) is 3. The molecule has 1 aromatic carbocycles. The molecule has 0 radical (unpaired) electrons. The average molecular weight is 275 g/mol. The van der Waals surface area contributed by atoms with Crippen molar-refractivity contribution >= 4 is 23.0 Å². The molecule has 102 valence electrons. The molecule has 2 N–H and O–H groups in total. The van der Waals surface area contributed by atoms with Crippen LogP contribution in [0.15, 0.2) is 36.8 Å². The number of benzene rings is 1. The van der Waals surface area contributed by atoms with Gasteiger partial charge in [-0.2, -0.15) is 0 Å². The summed E-state index contributed by atoms with van der Waals surface area (Å²) in [7, 11) is 1.72. The molecular formula is C13H11F2N5. The molecule has 0 aliphatic carbocycles. The molecule has 3 aromatic rings. The van der Waals surface area contributed by atoms with Gasteiger partial charge in [0.25, 0.3) is 0 Å². The minimum Gasteiger partial charge on any atom is -0.372 e. The molecule has 0 fully saturated rings. The first-order chi connectivity index (χ1) is 9.67. The second kappa shape index (κ2) is 4.76. The van der Waals surface area contributed by atoms with Gasteiger partial charge in [-0.3, -0.25) is 0 Å². The minimum atomic E-state index is -0.562. The topological polar surface area (TPSA) is 54.2 Å². The summed E-state index contributed by atoms with van der Waals surface area (Å²) >= 11 is 0. The molecule has 2 aromatic heterocycles. The third-order valence-corrected chi connectivity index (χ3v) is 2.81. The zero-order valence-electron chi connectivity index (χ0n) is 10.6. The number of aromatic nitrogens is 3. The summed E-state index contributed by atoms with van der Waals surface area (Å²) in [5.74, 6) is -0.174. The van der Waals surface area contributed by atoms with Gasteiger partial charge in [-0.15, -0.1) is 0 Å². The van der Waals surface area contributed by atoms with Gasteiger partial charge in [-0.05, 0) is 12.1 Å². The van der Waals surface area contributed by atoms with Crippen molar-refractivity contribution in [3.05, 3.63) is 48.4 Å². The molecule has 0 saturated heterocycles.